The average Bonchev–Trinajstić information content (AvgIpc) is 2.64. The van der Waals surface area contributed by atoms with Crippen molar-refractivity contribution in [3.8, 4) is 11.1 Å². The Bertz CT molecular complexity index is 716. The largest absolute Gasteiger partial charge is 0.399 e. The zero-order valence-electron chi connectivity index (χ0n) is 11.0. The molecule has 1 aliphatic rings. The number of fused-ring (bicyclic) bond motifs is 3. The number of halogens is 2. The third kappa shape index (κ3) is 1.99. The topological polar surface area (TPSA) is 95.1 Å². The lowest BCUT2D eigenvalue weighted by molar-refractivity contribution is -0.118. The molecule has 0 fully saturated rings. The molecule has 0 saturated carbocycles. The van der Waals surface area contributed by atoms with Crippen LogP contribution < -0.4 is 17.2 Å². The van der Waals surface area contributed by atoms with Gasteiger partial charge in [0.2, 0.25) is 5.91 Å². The maximum Gasteiger partial charge on any atom is 0.218 e. The van der Waals surface area contributed by atoms with Crippen molar-refractivity contribution in [2.75, 3.05) is 11.5 Å². The highest BCUT2D eigenvalue weighted by atomic mass is 19.1. The molecule has 0 atom stereocenters. The predicted octanol–water partition coefficient (Wildman–Crippen LogP) is 2.12. The molecule has 1 amide bonds. The van der Waals surface area contributed by atoms with E-state index in [2.05, 4.69) is 0 Å². The molecule has 2 aromatic rings. The normalized spacial score (nSPS) is 13.0. The van der Waals surface area contributed by atoms with Crippen LogP contribution in [0.5, 0.6) is 0 Å². The number of carbonyl (C=O) groups excluding carboxylic acids is 1. The number of amides is 1. The Balaban J connectivity index is 2.34. The number of hydrogen-bond acceptors (Lipinski definition) is 3. The van der Waals surface area contributed by atoms with Gasteiger partial charge in [-0.15, -0.1) is 0 Å². The van der Waals surface area contributed by atoms with Crippen molar-refractivity contribution in [1.29, 1.82) is 0 Å². The molecule has 6 heteroatoms. The summed E-state index contributed by atoms with van der Waals surface area (Å²) in [4.78, 5) is 11.3. The van der Waals surface area contributed by atoms with Crippen LogP contribution in [0, 0.1) is 11.6 Å². The molecular formula is C15H13F2N3O. The van der Waals surface area contributed by atoms with E-state index in [1.54, 1.807) is 12.1 Å². The van der Waals surface area contributed by atoms with Crippen molar-refractivity contribution in [3.05, 3.63) is 47.0 Å². The van der Waals surface area contributed by atoms with E-state index in [0.29, 0.717) is 11.1 Å². The second kappa shape index (κ2) is 4.44. The summed E-state index contributed by atoms with van der Waals surface area (Å²) < 4.78 is 28.5. The summed E-state index contributed by atoms with van der Waals surface area (Å²) in [7, 11) is 0. The van der Waals surface area contributed by atoms with Crippen LogP contribution in [0.25, 0.3) is 11.1 Å². The van der Waals surface area contributed by atoms with Gasteiger partial charge in [0, 0.05) is 34.8 Å². The molecule has 0 heterocycles. The molecule has 108 valence electrons. The van der Waals surface area contributed by atoms with Gasteiger partial charge in [0.05, 0.1) is 0 Å². The number of nitrogen functional groups attached to an aromatic ring is 2. The minimum absolute atomic E-state index is 0.0637. The van der Waals surface area contributed by atoms with E-state index < -0.39 is 23.5 Å². The zero-order valence-corrected chi connectivity index (χ0v) is 11.0. The SMILES string of the molecule is NC(=O)CC1c2cc(N)cc(F)c2-c2c(F)cc(N)cc21. The molecule has 0 unspecified atom stereocenters. The van der Waals surface area contributed by atoms with Gasteiger partial charge in [-0.3, -0.25) is 4.79 Å². The predicted molar refractivity (Wildman–Crippen MR) is 76.3 cm³/mol. The van der Waals surface area contributed by atoms with Gasteiger partial charge >= 0.3 is 0 Å². The quantitative estimate of drug-likeness (QED) is 0.739. The molecule has 1 aliphatic carbocycles. The number of rotatable bonds is 2. The smallest absolute Gasteiger partial charge is 0.218 e. The number of carbonyl (C=O) groups is 1. The molecule has 6 N–H and O–H groups in total. The summed E-state index contributed by atoms with van der Waals surface area (Å²) >= 11 is 0. The fourth-order valence-electron chi connectivity index (χ4n) is 2.97. The first-order chi connectivity index (χ1) is 9.88. The van der Waals surface area contributed by atoms with E-state index in [1.165, 1.54) is 0 Å². The van der Waals surface area contributed by atoms with E-state index in [4.69, 9.17) is 17.2 Å². The molecule has 0 aromatic heterocycles. The fraction of sp³-hybridized carbons (Fsp3) is 0.133. The third-order valence-electron chi connectivity index (χ3n) is 3.69. The van der Waals surface area contributed by atoms with Crippen LogP contribution in [0.15, 0.2) is 24.3 Å². The molecule has 0 aliphatic heterocycles. The van der Waals surface area contributed by atoms with Crippen LogP contribution in [0.3, 0.4) is 0 Å². The van der Waals surface area contributed by atoms with Crippen molar-refractivity contribution in [2.45, 2.75) is 12.3 Å². The van der Waals surface area contributed by atoms with Gasteiger partial charge in [-0.25, -0.2) is 8.78 Å². The van der Waals surface area contributed by atoms with Crippen molar-refractivity contribution in [1.82, 2.24) is 0 Å². The summed E-state index contributed by atoms with van der Waals surface area (Å²) in [6.45, 7) is 0. The summed E-state index contributed by atoms with van der Waals surface area (Å²) in [5.41, 5.74) is 18.2. The summed E-state index contributed by atoms with van der Waals surface area (Å²) in [6, 6.07) is 5.35. The summed E-state index contributed by atoms with van der Waals surface area (Å²) in [5.74, 6) is -2.35. The lowest BCUT2D eigenvalue weighted by Crippen LogP contribution is -2.15. The van der Waals surface area contributed by atoms with Gasteiger partial charge in [-0.05, 0) is 35.4 Å². The molecule has 0 bridgehead atoms. The lowest BCUT2D eigenvalue weighted by atomic mass is 9.93. The number of primary amides is 1. The Hall–Kier alpha value is -2.63. The highest BCUT2D eigenvalue weighted by molar-refractivity contribution is 5.86. The van der Waals surface area contributed by atoms with E-state index in [-0.39, 0.29) is 28.9 Å². The van der Waals surface area contributed by atoms with Gasteiger partial charge in [-0.2, -0.15) is 0 Å². The van der Waals surface area contributed by atoms with Gasteiger partial charge in [0.15, 0.2) is 0 Å². The molecule has 0 saturated heterocycles. The average molecular weight is 289 g/mol. The van der Waals surface area contributed by atoms with E-state index >= 15 is 0 Å². The second-order valence-electron chi connectivity index (χ2n) is 5.16. The van der Waals surface area contributed by atoms with Gasteiger partial charge in [-0.1, -0.05) is 0 Å². The zero-order chi connectivity index (χ0) is 15.3. The van der Waals surface area contributed by atoms with Crippen molar-refractivity contribution in [3.63, 3.8) is 0 Å². The van der Waals surface area contributed by atoms with Gasteiger partial charge in [0.1, 0.15) is 11.6 Å². The maximum atomic E-state index is 14.2. The molecular weight excluding hydrogens is 276 g/mol. The minimum Gasteiger partial charge on any atom is -0.399 e. The summed E-state index contributed by atoms with van der Waals surface area (Å²) in [6.07, 6.45) is -0.0637. The van der Waals surface area contributed by atoms with E-state index in [9.17, 15) is 13.6 Å². The molecule has 4 nitrogen and oxygen atoms in total. The van der Waals surface area contributed by atoms with Crippen molar-refractivity contribution in [2.24, 2.45) is 5.73 Å². The monoisotopic (exact) mass is 289 g/mol. The first kappa shape index (κ1) is 13.4. The fourth-order valence-corrected chi connectivity index (χ4v) is 2.97. The van der Waals surface area contributed by atoms with Crippen LogP contribution in [0.4, 0.5) is 20.2 Å². The van der Waals surface area contributed by atoms with Crippen molar-refractivity contribution >= 4 is 17.3 Å². The Morgan fingerprint density at radius 1 is 0.952 bits per heavy atom. The Morgan fingerprint density at radius 2 is 1.38 bits per heavy atom. The molecule has 2 aromatic carbocycles. The standard InChI is InChI=1S/C15H13F2N3O/c16-11-3-6(18)1-9-8(5-13(20)21)10-2-7(19)4-12(17)15(10)14(9)11/h1-4,8H,5,18-19H2,(H2,20,21). The van der Waals surface area contributed by atoms with E-state index in [1.807, 2.05) is 0 Å². The molecule has 0 radical (unpaired) electrons. The Labute approximate surface area is 119 Å². The molecule has 21 heavy (non-hydrogen) atoms. The van der Waals surface area contributed by atoms with Crippen LogP contribution in [0.1, 0.15) is 23.5 Å². The summed E-state index contributed by atoms with van der Waals surface area (Å²) in [5, 5.41) is 0. The Morgan fingerprint density at radius 3 is 1.76 bits per heavy atom. The van der Waals surface area contributed by atoms with Crippen LogP contribution in [-0.2, 0) is 4.79 Å². The molecule has 0 spiro atoms. The second-order valence-corrected chi connectivity index (χ2v) is 5.16. The Kier molecular flexibility index (Phi) is 2.83. The van der Waals surface area contributed by atoms with Crippen LogP contribution in [-0.4, -0.2) is 5.91 Å². The van der Waals surface area contributed by atoms with Crippen LogP contribution >= 0.6 is 0 Å². The number of anilines is 2. The minimum atomic E-state index is -0.623. The number of nitrogens with two attached hydrogens (primary N) is 3. The highest BCUT2D eigenvalue weighted by Gasteiger charge is 2.34. The number of hydrogen-bond donors (Lipinski definition) is 3. The van der Waals surface area contributed by atoms with E-state index in [0.717, 1.165) is 12.1 Å². The number of benzene rings is 2. The lowest BCUT2D eigenvalue weighted by Gasteiger charge is -2.12. The highest BCUT2D eigenvalue weighted by Crippen LogP contribution is 2.49. The van der Waals surface area contributed by atoms with Gasteiger partial charge in [0.25, 0.3) is 0 Å². The molecule has 3 rings (SSSR count). The van der Waals surface area contributed by atoms with Crippen LogP contribution in [0.2, 0.25) is 0 Å². The van der Waals surface area contributed by atoms with Crippen molar-refractivity contribution < 1.29 is 13.6 Å². The third-order valence-corrected chi connectivity index (χ3v) is 3.69. The first-order valence-electron chi connectivity index (χ1n) is 6.35. The first-order valence-corrected chi connectivity index (χ1v) is 6.35. The maximum absolute atomic E-state index is 14.2. The van der Waals surface area contributed by atoms with Gasteiger partial charge < -0.3 is 17.2 Å².